The fourth-order valence-corrected chi connectivity index (χ4v) is 2.81. The standard InChI is InChI=1S/C14H13Cl3N2O/c1-14(2,3)19-13(17)11(7-20)12(18-19)8-4-9(15)6-10(16)5-8/h4-7H,1-3H3. The molecule has 2 aromatic rings. The molecule has 0 aliphatic carbocycles. The molecule has 0 radical (unpaired) electrons. The summed E-state index contributed by atoms with van der Waals surface area (Å²) < 4.78 is 1.61. The number of hydrogen-bond acceptors (Lipinski definition) is 2. The Hall–Kier alpha value is -1.03. The van der Waals surface area contributed by atoms with Gasteiger partial charge in [-0.3, -0.25) is 4.79 Å². The molecular weight excluding hydrogens is 319 g/mol. The van der Waals surface area contributed by atoms with E-state index in [9.17, 15) is 4.79 Å². The second-order valence-corrected chi connectivity index (χ2v) is 6.64. The summed E-state index contributed by atoms with van der Waals surface area (Å²) in [6.45, 7) is 5.86. The van der Waals surface area contributed by atoms with Crippen molar-refractivity contribution in [3.8, 4) is 11.3 Å². The molecule has 106 valence electrons. The Labute approximate surface area is 132 Å². The van der Waals surface area contributed by atoms with Crippen LogP contribution in [0.15, 0.2) is 18.2 Å². The van der Waals surface area contributed by atoms with Crippen molar-refractivity contribution in [3.05, 3.63) is 39.0 Å². The van der Waals surface area contributed by atoms with Crippen LogP contribution in [-0.2, 0) is 5.54 Å². The molecule has 0 unspecified atom stereocenters. The third-order valence-corrected chi connectivity index (χ3v) is 3.55. The third kappa shape index (κ3) is 2.85. The van der Waals surface area contributed by atoms with E-state index in [4.69, 9.17) is 34.8 Å². The Morgan fingerprint density at radius 3 is 2.10 bits per heavy atom. The lowest BCUT2D eigenvalue weighted by Gasteiger charge is -2.20. The number of aldehydes is 1. The van der Waals surface area contributed by atoms with Crippen LogP contribution < -0.4 is 0 Å². The monoisotopic (exact) mass is 330 g/mol. The topological polar surface area (TPSA) is 34.9 Å². The summed E-state index contributed by atoms with van der Waals surface area (Å²) in [6, 6.07) is 5.02. The highest BCUT2D eigenvalue weighted by Crippen LogP contribution is 2.33. The molecule has 0 atom stereocenters. The molecule has 1 aromatic heterocycles. The molecule has 20 heavy (non-hydrogen) atoms. The zero-order chi connectivity index (χ0) is 15.1. The van der Waals surface area contributed by atoms with E-state index in [1.54, 1.807) is 22.9 Å². The first kappa shape index (κ1) is 15.4. The first-order chi connectivity index (χ1) is 9.24. The molecule has 0 saturated carbocycles. The van der Waals surface area contributed by atoms with Crippen LogP contribution in [0.1, 0.15) is 31.1 Å². The van der Waals surface area contributed by atoms with E-state index < -0.39 is 0 Å². The van der Waals surface area contributed by atoms with Crippen LogP contribution in [-0.4, -0.2) is 16.1 Å². The molecule has 1 aromatic carbocycles. The quantitative estimate of drug-likeness (QED) is 0.719. The van der Waals surface area contributed by atoms with Crippen LogP contribution in [0.25, 0.3) is 11.3 Å². The van der Waals surface area contributed by atoms with Crippen molar-refractivity contribution in [2.24, 2.45) is 0 Å². The second-order valence-electron chi connectivity index (χ2n) is 5.41. The number of benzene rings is 1. The molecular formula is C14H13Cl3N2O. The molecule has 6 heteroatoms. The predicted octanol–water partition coefficient (Wildman–Crippen LogP) is 5.08. The maximum Gasteiger partial charge on any atom is 0.155 e. The van der Waals surface area contributed by atoms with Gasteiger partial charge in [0.05, 0.1) is 11.1 Å². The van der Waals surface area contributed by atoms with Gasteiger partial charge in [0.2, 0.25) is 0 Å². The molecule has 0 bridgehead atoms. The van der Waals surface area contributed by atoms with Crippen LogP contribution in [0.4, 0.5) is 0 Å². The van der Waals surface area contributed by atoms with E-state index in [1.807, 2.05) is 20.8 Å². The SMILES string of the molecule is CC(C)(C)n1nc(-c2cc(Cl)cc(Cl)c2)c(C=O)c1Cl. The molecule has 0 saturated heterocycles. The van der Waals surface area contributed by atoms with Crippen molar-refractivity contribution in [1.29, 1.82) is 0 Å². The Morgan fingerprint density at radius 1 is 1.10 bits per heavy atom. The zero-order valence-corrected chi connectivity index (χ0v) is 13.5. The van der Waals surface area contributed by atoms with Crippen LogP contribution in [0.5, 0.6) is 0 Å². The van der Waals surface area contributed by atoms with Gasteiger partial charge in [-0.2, -0.15) is 5.10 Å². The zero-order valence-electron chi connectivity index (χ0n) is 11.2. The fraction of sp³-hybridized carbons (Fsp3) is 0.286. The van der Waals surface area contributed by atoms with Crippen LogP contribution in [0.3, 0.4) is 0 Å². The van der Waals surface area contributed by atoms with Gasteiger partial charge in [-0.15, -0.1) is 0 Å². The molecule has 0 N–H and O–H groups in total. The minimum Gasteiger partial charge on any atom is -0.298 e. The lowest BCUT2D eigenvalue weighted by Crippen LogP contribution is -2.23. The molecule has 0 aliphatic rings. The lowest BCUT2D eigenvalue weighted by molar-refractivity contribution is 0.112. The molecule has 1 heterocycles. The van der Waals surface area contributed by atoms with E-state index in [0.717, 1.165) is 0 Å². The van der Waals surface area contributed by atoms with Crippen molar-refractivity contribution in [2.45, 2.75) is 26.3 Å². The number of nitrogens with zero attached hydrogens (tertiary/aromatic N) is 2. The normalized spacial score (nSPS) is 11.7. The first-order valence-electron chi connectivity index (χ1n) is 5.94. The average molecular weight is 332 g/mol. The third-order valence-electron chi connectivity index (χ3n) is 2.75. The number of carbonyl (C=O) groups excluding carboxylic acids is 1. The van der Waals surface area contributed by atoms with E-state index >= 15 is 0 Å². The van der Waals surface area contributed by atoms with Gasteiger partial charge < -0.3 is 0 Å². The van der Waals surface area contributed by atoms with Gasteiger partial charge in [0, 0.05) is 15.6 Å². The van der Waals surface area contributed by atoms with Crippen LogP contribution in [0, 0.1) is 0 Å². The predicted molar refractivity (Wildman–Crippen MR) is 83.1 cm³/mol. The summed E-state index contributed by atoms with van der Waals surface area (Å²) in [7, 11) is 0. The molecule has 0 aliphatic heterocycles. The molecule has 2 rings (SSSR count). The molecule has 3 nitrogen and oxygen atoms in total. The van der Waals surface area contributed by atoms with Crippen molar-refractivity contribution in [1.82, 2.24) is 9.78 Å². The van der Waals surface area contributed by atoms with Crippen molar-refractivity contribution >= 4 is 41.1 Å². The Kier molecular flexibility index (Phi) is 4.14. The highest BCUT2D eigenvalue weighted by atomic mass is 35.5. The van der Waals surface area contributed by atoms with E-state index in [0.29, 0.717) is 38.3 Å². The largest absolute Gasteiger partial charge is 0.298 e. The van der Waals surface area contributed by atoms with Crippen molar-refractivity contribution in [2.75, 3.05) is 0 Å². The average Bonchev–Trinajstić information content (AvgIpc) is 2.64. The summed E-state index contributed by atoms with van der Waals surface area (Å²) in [6.07, 6.45) is 0.696. The molecule has 0 spiro atoms. The number of halogens is 3. The Morgan fingerprint density at radius 2 is 1.65 bits per heavy atom. The lowest BCUT2D eigenvalue weighted by atomic mass is 10.1. The number of rotatable bonds is 2. The van der Waals surface area contributed by atoms with Crippen molar-refractivity contribution < 1.29 is 4.79 Å². The fourth-order valence-electron chi connectivity index (χ4n) is 1.86. The van der Waals surface area contributed by atoms with Crippen LogP contribution >= 0.6 is 34.8 Å². The van der Waals surface area contributed by atoms with Gasteiger partial charge >= 0.3 is 0 Å². The Bertz CT molecular complexity index is 652. The minimum atomic E-state index is -0.338. The van der Waals surface area contributed by atoms with E-state index in [1.165, 1.54) is 0 Å². The maximum absolute atomic E-state index is 11.3. The van der Waals surface area contributed by atoms with Crippen LogP contribution in [0.2, 0.25) is 15.2 Å². The summed E-state index contributed by atoms with van der Waals surface area (Å²) in [5.41, 5.74) is 1.13. The smallest absolute Gasteiger partial charge is 0.155 e. The summed E-state index contributed by atoms with van der Waals surface area (Å²) in [5, 5.41) is 5.70. The van der Waals surface area contributed by atoms with Gasteiger partial charge in [-0.05, 0) is 39.0 Å². The first-order valence-corrected chi connectivity index (χ1v) is 7.08. The molecule has 0 amide bonds. The van der Waals surface area contributed by atoms with E-state index in [2.05, 4.69) is 5.10 Å². The Balaban J connectivity index is 2.71. The number of aromatic nitrogens is 2. The van der Waals surface area contributed by atoms with E-state index in [-0.39, 0.29) is 5.54 Å². The summed E-state index contributed by atoms with van der Waals surface area (Å²) in [4.78, 5) is 11.3. The van der Waals surface area contributed by atoms with Gasteiger partial charge in [-0.1, -0.05) is 34.8 Å². The highest BCUT2D eigenvalue weighted by Gasteiger charge is 2.24. The summed E-state index contributed by atoms with van der Waals surface area (Å²) in [5.74, 6) is 0. The van der Waals surface area contributed by atoms with Crippen molar-refractivity contribution in [3.63, 3.8) is 0 Å². The maximum atomic E-state index is 11.3. The van der Waals surface area contributed by atoms with Gasteiger partial charge in [-0.25, -0.2) is 4.68 Å². The number of hydrogen-bond donors (Lipinski definition) is 0. The van der Waals surface area contributed by atoms with Gasteiger partial charge in [0.1, 0.15) is 10.8 Å². The minimum absolute atomic E-state index is 0.304. The van der Waals surface area contributed by atoms with Gasteiger partial charge in [0.25, 0.3) is 0 Å². The van der Waals surface area contributed by atoms with Gasteiger partial charge in [0.15, 0.2) is 6.29 Å². The highest BCUT2D eigenvalue weighted by molar-refractivity contribution is 6.35. The second kappa shape index (κ2) is 5.40. The number of carbonyl (C=O) groups is 1. The summed E-state index contributed by atoms with van der Waals surface area (Å²) >= 11 is 18.2. The molecule has 0 fully saturated rings.